The molecular weight excluding hydrogens is 442 g/mol. The summed E-state index contributed by atoms with van der Waals surface area (Å²) in [5.41, 5.74) is 1.16. The van der Waals surface area contributed by atoms with Gasteiger partial charge in [0, 0.05) is 11.6 Å². The molecule has 3 rings (SSSR count). The van der Waals surface area contributed by atoms with Crippen molar-refractivity contribution in [3.05, 3.63) is 35.0 Å². The second-order valence-corrected chi connectivity index (χ2v) is 9.49. The van der Waals surface area contributed by atoms with E-state index in [4.69, 9.17) is 16.3 Å². The molecule has 182 valence electrons. The van der Waals surface area contributed by atoms with E-state index in [9.17, 15) is 9.59 Å². The Balaban J connectivity index is 1.76. The topological polar surface area (TPSA) is 85.9 Å². The molecule has 1 aromatic carbocycles. The van der Waals surface area contributed by atoms with Crippen LogP contribution in [-0.2, 0) is 9.59 Å². The molecule has 0 aromatic heterocycles. The number of methoxy groups -OCH3 is 1. The number of hydrogen-bond acceptors (Lipinski definition) is 6. The van der Waals surface area contributed by atoms with Gasteiger partial charge in [-0.05, 0) is 77.8 Å². The first-order valence-electron chi connectivity index (χ1n) is 11.6. The molecule has 0 radical (unpaired) electrons. The van der Waals surface area contributed by atoms with Gasteiger partial charge in [-0.15, -0.1) is 0 Å². The number of halogens is 1. The molecule has 33 heavy (non-hydrogen) atoms. The Morgan fingerprint density at radius 1 is 1.30 bits per heavy atom. The summed E-state index contributed by atoms with van der Waals surface area (Å²) < 4.78 is 5.33. The van der Waals surface area contributed by atoms with Crippen LogP contribution >= 0.6 is 11.6 Å². The summed E-state index contributed by atoms with van der Waals surface area (Å²) in [7, 11) is 3.73. The lowest BCUT2D eigenvalue weighted by Gasteiger charge is -2.36. The Hall–Kier alpha value is -2.29. The molecule has 0 bridgehead atoms. The summed E-state index contributed by atoms with van der Waals surface area (Å²) >= 11 is 6.66. The number of piperidine rings is 1. The van der Waals surface area contributed by atoms with Gasteiger partial charge in [-0.1, -0.05) is 23.7 Å². The van der Waals surface area contributed by atoms with Crippen LogP contribution in [0, 0.1) is 5.92 Å². The predicted molar refractivity (Wildman–Crippen MR) is 131 cm³/mol. The molecule has 1 saturated heterocycles. The SMILES string of the molecule is COc1cccc(C2=C(Cl)NC(NCCC3CCN(C)CC3)C(=O)N2CC(=O)NC(C)C)c1. The normalized spacial score (nSPS) is 20.2. The zero-order valence-electron chi connectivity index (χ0n) is 20.0. The molecule has 1 fully saturated rings. The number of carbonyl (C=O) groups excluding carboxylic acids is 2. The summed E-state index contributed by atoms with van der Waals surface area (Å²) in [6.45, 7) is 6.58. The summed E-state index contributed by atoms with van der Waals surface area (Å²) in [6, 6.07) is 7.26. The van der Waals surface area contributed by atoms with Crippen molar-refractivity contribution in [3.63, 3.8) is 0 Å². The fraction of sp³-hybridized carbons (Fsp3) is 0.583. The van der Waals surface area contributed by atoms with Crippen LogP contribution in [-0.4, -0.2) is 74.2 Å². The highest BCUT2D eigenvalue weighted by Crippen LogP contribution is 2.30. The minimum atomic E-state index is -0.690. The fourth-order valence-electron chi connectivity index (χ4n) is 4.28. The van der Waals surface area contributed by atoms with Gasteiger partial charge in [0.2, 0.25) is 5.91 Å². The standard InChI is InChI=1S/C24H36ClN5O3/c1-16(2)27-20(31)15-30-21(18-6-5-7-19(14-18)33-4)22(25)28-23(24(30)32)26-11-8-17-9-12-29(3)13-10-17/h5-7,14,16-17,23,26,28H,8-13,15H2,1-4H3,(H,27,31). The number of rotatable bonds is 9. The van der Waals surface area contributed by atoms with Crippen LogP contribution in [0.2, 0.25) is 0 Å². The van der Waals surface area contributed by atoms with Gasteiger partial charge in [-0.25, -0.2) is 0 Å². The van der Waals surface area contributed by atoms with Gasteiger partial charge in [0.05, 0.1) is 12.8 Å². The van der Waals surface area contributed by atoms with Crippen molar-refractivity contribution >= 4 is 29.1 Å². The van der Waals surface area contributed by atoms with E-state index >= 15 is 0 Å². The Morgan fingerprint density at radius 3 is 2.70 bits per heavy atom. The molecular formula is C24H36ClN5O3. The maximum Gasteiger partial charge on any atom is 0.265 e. The molecule has 3 N–H and O–H groups in total. The number of nitrogens with zero attached hydrogens (tertiary/aromatic N) is 2. The summed E-state index contributed by atoms with van der Waals surface area (Å²) in [5.74, 6) is 0.815. The van der Waals surface area contributed by atoms with Crippen molar-refractivity contribution < 1.29 is 14.3 Å². The molecule has 2 aliphatic heterocycles. The molecule has 9 heteroatoms. The summed E-state index contributed by atoms with van der Waals surface area (Å²) in [4.78, 5) is 29.8. The monoisotopic (exact) mass is 477 g/mol. The van der Waals surface area contributed by atoms with Crippen LogP contribution in [0.5, 0.6) is 5.75 Å². The Kier molecular flexibility index (Phi) is 9.00. The number of carbonyl (C=O) groups is 2. The maximum atomic E-state index is 13.4. The number of benzene rings is 1. The second kappa shape index (κ2) is 11.7. The van der Waals surface area contributed by atoms with Crippen molar-refractivity contribution in [1.29, 1.82) is 0 Å². The molecule has 0 spiro atoms. The molecule has 1 aromatic rings. The van der Waals surface area contributed by atoms with E-state index in [1.807, 2.05) is 32.0 Å². The molecule has 1 unspecified atom stereocenters. The average molecular weight is 478 g/mol. The smallest absolute Gasteiger partial charge is 0.265 e. The highest BCUT2D eigenvalue weighted by Gasteiger charge is 2.36. The molecule has 8 nitrogen and oxygen atoms in total. The zero-order valence-corrected chi connectivity index (χ0v) is 20.7. The second-order valence-electron chi connectivity index (χ2n) is 9.11. The van der Waals surface area contributed by atoms with E-state index in [1.54, 1.807) is 13.2 Å². The van der Waals surface area contributed by atoms with E-state index in [2.05, 4.69) is 27.9 Å². The van der Waals surface area contributed by atoms with Crippen molar-refractivity contribution in [3.8, 4) is 5.75 Å². The van der Waals surface area contributed by atoms with Gasteiger partial charge < -0.3 is 20.3 Å². The number of amides is 2. The van der Waals surface area contributed by atoms with Crippen molar-refractivity contribution in [1.82, 2.24) is 25.8 Å². The quantitative estimate of drug-likeness (QED) is 0.473. The van der Waals surface area contributed by atoms with Gasteiger partial charge >= 0.3 is 0 Å². The van der Waals surface area contributed by atoms with Gasteiger partial charge in [0.15, 0.2) is 6.17 Å². The maximum absolute atomic E-state index is 13.4. The highest BCUT2D eigenvalue weighted by molar-refractivity contribution is 6.33. The first kappa shape index (κ1) is 25.3. The lowest BCUT2D eigenvalue weighted by molar-refractivity contribution is -0.135. The number of likely N-dealkylation sites (tertiary alicyclic amines) is 1. The molecule has 1 atom stereocenters. The van der Waals surface area contributed by atoms with Crippen LogP contribution in [0.3, 0.4) is 0 Å². The Labute approximate surface area is 201 Å². The van der Waals surface area contributed by atoms with Crippen LogP contribution < -0.4 is 20.7 Å². The predicted octanol–water partition coefficient (Wildman–Crippen LogP) is 2.16. The van der Waals surface area contributed by atoms with Gasteiger partial charge in [0.25, 0.3) is 5.91 Å². The van der Waals surface area contributed by atoms with E-state index < -0.39 is 6.17 Å². The lowest BCUT2D eigenvalue weighted by atomic mass is 9.94. The largest absolute Gasteiger partial charge is 0.497 e. The first-order chi connectivity index (χ1) is 15.8. The van der Waals surface area contributed by atoms with Gasteiger partial charge in [0.1, 0.15) is 17.5 Å². The lowest BCUT2D eigenvalue weighted by Crippen LogP contribution is -2.58. The summed E-state index contributed by atoms with van der Waals surface area (Å²) in [5, 5.41) is 9.58. The number of nitrogens with one attached hydrogen (secondary N) is 3. The molecule has 2 amide bonds. The van der Waals surface area contributed by atoms with Crippen molar-refractivity contribution in [2.75, 3.05) is 40.3 Å². The van der Waals surface area contributed by atoms with E-state index in [0.717, 1.165) is 19.5 Å². The minimum absolute atomic E-state index is 0.0290. The third kappa shape index (κ3) is 6.85. The number of ether oxygens (including phenoxy) is 1. The molecule has 0 aliphatic carbocycles. The van der Waals surface area contributed by atoms with Crippen LogP contribution in [0.25, 0.3) is 5.70 Å². The van der Waals surface area contributed by atoms with Crippen LogP contribution in [0.15, 0.2) is 29.4 Å². The number of hydrogen-bond donors (Lipinski definition) is 3. The first-order valence-corrected chi connectivity index (χ1v) is 12.0. The third-order valence-electron chi connectivity index (χ3n) is 6.10. The molecule has 0 saturated carbocycles. The van der Waals surface area contributed by atoms with Crippen LogP contribution in [0.4, 0.5) is 0 Å². The van der Waals surface area contributed by atoms with Gasteiger partial charge in [-0.2, -0.15) is 0 Å². The minimum Gasteiger partial charge on any atom is -0.497 e. The highest BCUT2D eigenvalue weighted by atomic mass is 35.5. The van der Waals surface area contributed by atoms with Crippen LogP contribution in [0.1, 0.15) is 38.7 Å². The van der Waals surface area contributed by atoms with Crippen molar-refractivity contribution in [2.45, 2.75) is 45.3 Å². The van der Waals surface area contributed by atoms with E-state index in [-0.39, 0.29) is 24.4 Å². The Bertz CT molecular complexity index is 867. The van der Waals surface area contributed by atoms with E-state index in [1.165, 1.54) is 17.7 Å². The Morgan fingerprint density at radius 2 is 2.03 bits per heavy atom. The fourth-order valence-corrected chi connectivity index (χ4v) is 4.60. The van der Waals surface area contributed by atoms with Gasteiger partial charge in [-0.3, -0.25) is 19.8 Å². The average Bonchev–Trinajstić information content (AvgIpc) is 2.77. The van der Waals surface area contributed by atoms with Crippen molar-refractivity contribution in [2.24, 2.45) is 5.92 Å². The molecule has 2 heterocycles. The molecule has 2 aliphatic rings. The summed E-state index contributed by atoms with van der Waals surface area (Å²) in [6.07, 6.45) is 2.65. The third-order valence-corrected chi connectivity index (χ3v) is 6.38. The zero-order chi connectivity index (χ0) is 24.0. The van der Waals surface area contributed by atoms with E-state index in [0.29, 0.717) is 34.6 Å².